The van der Waals surface area contributed by atoms with Gasteiger partial charge in [-0.25, -0.2) is 0 Å². The third-order valence-electron chi connectivity index (χ3n) is 2.08. The van der Waals surface area contributed by atoms with Crippen molar-refractivity contribution in [2.75, 3.05) is 46.4 Å². The molecule has 0 N–H and O–H groups in total. The van der Waals surface area contributed by atoms with Gasteiger partial charge in [0.2, 0.25) is 0 Å². The normalized spacial score (nSPS) is 19.6. The van der Waals surface area contributed by atoms with E-state index in [0.29, 0.717) is 0 Å². The van der Waals surface area contributed by atoms with E-state index in [0.717, 1.165) is 39.3 Å². The lowest BCUT2D eigenvalue weighted by Gasteiger charge is -2.30. The monoisotopic (exact) mass is 173 g/mol. The van der Waals surface area contributed by atoms with Crippen molar-refractivity contribution in [3.63, 3.8) is 0 Å². The first-order valence-electron chi connectivity index (χ1n) is 4.16. The predicted octanol–water partition coefficient (Wildman–Crippen LogP) is -0.0682. The fourth-order valence-electron chi connectivity index (χ4n) is 1.26. The Hall–Kier alpha value is -0.680. The van der Waals surface area contributed by atoms with Crippen LogP contribution in [0.1, 0.15) is 0 Å². The van der Waals surface area contributed by atoms with Crippen molar-refractivity contribution in [3.05, 3.63) is 4.91 Å². The second-order valence-corrected chi connectivity index (χ2v) is 2.87. The summed E-state index contributed by atoms with van der Waals surface area (Å²) in [6.45, 7) is 5.02. The van der Waals surface area contributed by atoms with Crippen LogP contribution in [0.15, 0.2) is 5.29 Å². The number of hydrogen-bond donors (Lipinski definition) is 0. The van der Waals surface area contributed by atoms with Gasteiger partial charge in [-0.2, -0.15) is 0 Å². The van der Waals surface area contributed by atoms with Crippen LogP contribution < -0.4 is 0 Å². The maximum atomic E-state index is 10.1. The van der Waals surface area contributed by atoms with E-state index >= 15 is 0 Å². The fourth-order valence-corrected chi connectivity index (χ4v) is 1.26. The molecule has 1 rings (SSSR count). The molecule has 0 spiro atoms. The average Bonchev–Trinajstić information content (AvgIpc) is 2.15. The third kappa shape index (κ3) is 2.75. The molecule has 1 fully saturated rings. The Morgan fingerprint density at radius 2 is 2.00 bits per heavy atom. The van der Waals surface area contributed by atoms with Crippen molar-refractivity contribution in [1.29, 1.82) is 0 Å². The van der Waals surface area contributed by atoms with Crippen molar-refractivity contribution in [2.45, 2.75) is 0 Å². The van der Waals surface area contributed by atoms with Gasteiger partial charge in [0.15, 0.2) is 0 Å². The van der Waals surface area contributed by atoms with Crippen LogP contribution >= 0.6 is 0 Å². The van der Waals surface area contributed by atoms with E-state index in [1.54, 1.807) is 12.1 Å². The minimum absolute atomic E-state index is 0.743. The second kappa shape index (κ2) is 5.05. The molecule has 1 aliphatic heterocycles. The fraction of sp³-hybridized carbons (Fsp3) is 1.00. The second-order valence-electron chi connectivity index (χ2n) is 2.87. The summed E-state index contributed by atoms with van der Waals surface area (Å²) in [7, 11) is 1.70. The minimum Gasteiger partial charge on any atom is -0.383 e. The molecule has 1 saturated heterocycles. The van der Waals surface area contributed by atoms with E-state index in [2.05, 4.69) is 10.2 Å². The predicted molar refractivity (Wildman–Crippen MR) is 45.7 cm³/mol. The lowest BCUT2D eigenvalue weighted by atomic mass is 10.3. The number of rotatable bonds is 4. The molecule has 70 valence electrons. The van der Waals surface area contributed by atoms with Gasteiger partial charge in [0, 0.05) is 26.7 Å². The van der Waals surface area contributed by atoms with Gasteiger partial charge in [0.25, 0.3) is 0 Å². The summed E-state index contributed by atoms with van der Waals surface area (Å²) in [5, 5.41) is 4.45. The summed E-state index contributed by atoms with van der Waals surface area (Å²) in [6.07, 6.45) is 0. The van der Waals surface area contributed by atoms with Gasteiger partial charge in [0.05, 0.1) is 25.0 Å². The molecule has 5 nitrogen and oxygen atoms in total. The summed E-state index contributed by atoms with van der Waals surface area (Å²) < 4.78 is 4.96. The lowest BCUT2D eigenvalue weighted by molar-refractivity contribution is 0.0978. The van der Waals surface area contributed by atoms with Crippen LogP contribution in [-0.2, 0) is 4.74 Å². The molecule has 0 bridgehead atoms. The Bertz CT molecular complexity index is 135. The van der Waals surface area contributed by atoms with Crippen molar-refractivity contribution in [1.82, 2.24) is 9.91 Å². The molecular formula is C7H15N3O2. The number of methoxy groups -OCH3 is 1. The number of hydrogen-bond acceptors (Lipinski definition) is 4. The highest BCUT2D eigenvalue weighted by molar-refractivity contribution is 4.68. The first-order chi connectivity index (χ1) is 5.86. The van der Waals surface area contributed by atoms with Crippen LogP contribution in [0.25, 0.3) is 0 Å². The number of nitrogens with zero attached hydrogens (tertiary/aromatic N) is 3. The maximum Gasteiger partial charge on any atom is 0.0589 e. The molecule has 0 saturated carbocycles. The molecule has 5 heteroatoms. The maximum absolute atomic E-state index is 10.1. The Kier molecular flexibility index (Phi) is 3.96. The van der Waals surface area contributed by atoms with Gasteiger partial charge in [-0.3, -0.25) is 9.91 Å². The van der Waals surface area contributed by atoms with Gasteiger partial charge in [-0.1, -0.05) is 0 Å². The molecule has 0 aromatic rings. The molecule has 0 aromatic carbocycles. The molecule has 12 heavy (non-hydrogen) atoms. The first kappa shape index (κ1) is 9.41. The molecule has 1 heterocycles. The van der Waals surface area contributed by atoms with Crippen LogP contribution in [0, 0.1) is 4.91 Å². The van der Waals surface area contributed by atoms with Gasteiger partial charge in [0.1, 0.15) is 0 Å². The Balaban J connectivity index is 2.12. The van der Waals surface area contributed by atoms with Crippen molar-refractivity contribution in [2.24, 2.45) is 5.29 Å². The highest BCUT2D eigenvalue weighted by Gasteiger charge is 2.15. The summed E-state index contributed by atoms with van der Waals surface area (Å²) in [5.41, 5.74) is 0. The molecule has 0 aromatic heterocycles. The van der Waals surface area contributed by atoms with Crippen LogP contribution in [0.5, 0.6) is 0 Å². The highest BCUT2D eigenvalue weighted by Crippen LogP contribution is 2.00. The van der Waals surface area contributed by atoms with Crippen molar-refractivity contribution < 1.29 is 4.74 Å². The zero-order valence-corrected chi connectivity index (χ0v) is 7.40. The van der Waals surface area contributed by atoms with Crippen LogP contribution in [-0.4, -0.2) is 56.3 Å². The zero-order chi connectivity index (χ0) is 8.81. The number of ether oxygens (including phenoxy) is 1. The SMILES string of the molecule is COCCN1CCN(N=O)CC1. The van der Waals surface area contributed by atoms with E-state index in [4.69, 9.17) is 4.74 Å². The Labute approximate surface area is 72.2 Å². The molecule has 1 aliphatic rings. The van der Waals surface area contributed by atoms with E-state index in [1.807, 2.05) is 0 Å². The number of nitroso groups, excluding NO2 is 1. The number of piperazine rings is 1. The van der Waals surface area contributed by atoms with Gasteiger partial charge in [-0.15, -0.1) is 4.91 Å². The topological polar surface area (TPSA) is 45.1 Å². The lowest BCUT2D eigenvalue weighted by Crippen LogP contribution is -2.44. The van der Waals surface area contributed by atoms with Gasteiger partial charge in [-0.05, 0) is 0 Å². The molecule has 0 radical (unpaired) electrons. The quantitative estimate of drug-likeness (QED) is 0.558. The summed E-state index contributed by atoms with van der Waals surface area (Å²) in [4.78, 5) is 12.4. The smallest absolute Gasteiger partial charge is 0.0589 e. The van der Waals surface area contributed by atoms with E-state index in [9.17, 15) is 4.91 Å². The average molecular weight is 173 g/mol. The molecular weight excluding hydrogens is 158 g/mol. The van der Waals surface area contributed by atoms with Crippen molar-refractivity contribution >= 4 is 0 Å². The van der Waals surface area contributed by atoms with Gasteiger partial charge >= 0.3 is 0 Å². The standard InChI is InChI=1S/C7H15N3O2/c1-12-7-6-9-2-4-10(8-11)5-3-9/h2-7H2,1H3. The summed E-state index contributed by atoms with van der Waals surface area (Å²) in [5.74, 6) is 0. The van der Waals surface area contributed by atoms with Crippen LogP contribution in [0.3, 0.4) is 0 Å². The minimum atomic E-state index is 0.743. The van der Waals surface area contributed by atoms with E-state index < -0.39 is 0 Å². The van der Waals surface area contributed by atoms with E-state index in [1.165, 1.54) is 0 Å². The molecule has 0 unspecified atom stereocenters. The summed E-state index contributed by atoms with van der Waals surface area (Å²) >= 11 is 0. The van der Waals surface area contributed by atoms with Crippen LogP contribution in [0.2, 0.25) is 0 Å². The highest BCUT2D eigenvalue weighted by atomic mass is 16.5. The summed E-state index contributed by atoms with van der Waals surface area (Å²) in [6, 6.07) is 0. The molecule has 0 aliphatic carbocycles. The van der Waals surface area contributed by atoms with Gasteiger partial charge < -0.3 is 4.74 Å². The van der Waals surface area contributed by atoms with E-state index in [-0.39, 0.29) is 0 Å². The largest absolute Gasteiger partial charge is 0.383 e. The van der Waals surface area contributed by atoms with Crippen LogP contribution in [0.4, 0.5) is 0 Å². The molecule has 0 amide bonds. The zero-order valence-electron chi connectivity index (χ0n) is 7.40. The van der Waals surface area contributed by atoms with Crippen molar-refractivity contribution in [3.8, 4) is 0 Å². The Morgan fingerprint density at radius 1 is 1.33 bits per heavy atom. The molecule has 0 atom stereocenters. The third-order valence-corrected chi connectivity index (χ3v) is 2.08. The Morgan fingerprint density at radius 3 is 2.50 bits per heavy atom. The first-order valence-corrected chi connectivity index (χ1v) is 4.16.